The van der Waals surface area contributed by atoms with E-state index < -0.39 is 0 Å². The van der Waals surface area contributed by atoms with E-state index in [1.807, 2.05) is 18.2 Å². The van der Waals surface area contributed by atoms with E-state index in [0.717, 1.165) is 36.8 Å². The molecular weight excluding hydrogens is 341 g/mol. The Bertz CT molecular complexity index is 676. The molecule has 3 N–H and O–H groups in total. The number of aromatic nitrogens is 2. The summed E-state index contributed by atoms with van der Waals surface area (Å²) in [7, 11) is 0. The maximum absolute atomic E-state index is 6.58. The minimum Gasteiger partial charge on any atom is -0.381 e. The van der Waals surface area contributed by atoms with Gasteiger partial charge in [0.2, 0.25) is 0 Å². The Kier molecular flexibility index (Phi) is 4.93. The third-order valence-electron chi connectivity index (χ3n) is 3.34. The number of piperazine rings is 1. The molecule has 0 saturated carbocycles. The van der Waals surface area contributed by atoms with Gasteiger partial charge >= 0.3 is 0 Å². The third kappa shape index (κ3) is 3.41. The monoisotopic (exact) mass is 355 g/mol. The van der Waals surface area contributed by atoms with Crippen LogP contribution in [0.3, 0.4) is 0 Å². The molecule has 1 saturated heterocycles. The smallest absolute Gasteiger partial charge is 0.158 e. The SMILES string of the molecule is Nc1nc(Cl)cnc1Sc1cccc(N2CCNCC2)c1Cl. The summed E-state index contributed by atoms with van der Waals surface area (Å²) >= 11 is 13.8. The molecule has 22 heavy (non-hydrogen) atoms. The molecular formula is C14H15Cl2N5S. The van der Waals surface area contributed by atoms with Crippen molar-refractivity contribution in [2.45, 2.75) is 9.92 Å². The van der Waals surface area contributed by atoms with Gasteiger partial charge in [0.15, 0.2) is 5.82 Å². The molecule has 1 aliphatic heterocycles. The fourth-order valence-corrected chi connectivity index (χ4v) is 3.59. The number of anilines is 2. The van der Waals surface area contributed by atoms with Gasteiger partial charge in [-0.25, -0.2) is 9.97 Å². The summed E-state index contributed by atoms with van der Waals surface area (Å²) in [6.07, 6.45) is 1.48. The van der Waals surface area contributed by atoms with Crippen molar-refractivity contribution in [2.75, 3.05) is 36.8 Å². The van der Waals surface area contributed by atoms with Crippen LogP contribution in [0.5, 0.6) is 0 Å². The van der Waals surface area contributed by atoms with Crippen LogP contribution < -0.4 is 16.0 Å². The van der Waals surface area contributed by atoms with Crippen molar-refractivity contribution in [1.82, 2.24) is 15.3 Å². The highest BCUT2D eigenvalue weighted by Crippen LogP contribution is 2.39. The van der Waals surface area contributed by atoms with E-state index in [2.05, 4.69) is 20.2 Å². The molecule has 0 unspecified atom stereocenters. The van der Waals surface area contributed by atoms with Crippen LogP contribution in [0, 0.1) is 0 Å². The predicted octanol–water partition coefficient (Wildman–Crippen LogP) is 2.93. The minimum absolute atomic E-state index is 0.280. The zero-order valence-corrected chi connectivity index (χ0v) is 14.0. The largest absolute Gasteiger partial charge is 0.381 e. The number of rotatable bonds is 3. The molecule has 3 rings (SSSR count). The average Bonchev–Trinajstić information content (AvgIpc) is 2.53. The Morgan fingerprint density at radius 3 is 2.73 bits per heavy atom. The van der Waals surface area contributed by atoms with Crippen LogP contribution in [0.2, 0.25) is 10.2 Å². The molecule has 0 bridgehead atoms. The van der Waals surface area contributed by atoms with Crippen molar-refractivity contribution >= 4 is 46.5 Å². The molecule has 0 spiro atoms. The Morgan fingerprint density at radius 1 is 1.23 bits per heavy atom. The lowest BCUT2D eigenvalue weighted by molar-refractivity contribution is 0.589. The van der Waals surface area contributed by atoms with Crippen molar-refractivity contribution < 1.29 is 0 Å². The van der Waals surface area contributed by atoms with E-state index in [9.17, 15) is 0 Å². The first-order valence-corrected chi connectivity index (χ1v) is 8.42. The summed E-state index contributed by atoms with van der Waals surface area (Å²) in [5, 5.41) is 4.93. The summed E-state index contributed by atoms with van der Waals surface area (Å²) in [5.74, 6) is 0.307. The normalized spacial score (nSPS) is 15.1. The van der Waals surface area contributed by atoms with E-state index >= 15 is 0 Å². The number of benzene rings is 1. The molecule has 0 aliphatic carbocycles. The number of nitrogens with one attached hydrogen (secondary N) is 1. The van der Waals surface area contributed by atoms with E-state index in [1.165, 1.54) is 18.0 Å². The molecule has 1 aliphatic rings. The summed E-state index contributed by atoms with van der Waals surface area (Å²) in [6, 6.07) is 5.98. The fraction of sp³-hybridized carbons (Fsp3) is 0.286. The highest BCUT2D eigenvalue weighted by Gasteiger charge is 2.17. The summed E-state index contributed by atoms with van der Waals surface area (Å²) in [4.78, 5) is 11.4. The van der Waals surface area contributed by atoms with Crippen molar-refractivity contribution in [3.05, 3.63) is 34.6 Å². The topological polar surface area (TPSA) is 67.1 Å². The van der Waals surface area contributed by atoms with Crippen molar-refractivity contribution in [1.29, 1.82) is 0 Å². The first-order valence-electron chi connectivity index (χ1n) is 6.85. The van der Waals surface area contributed by atoms with Crippen LogP contribution >= 0.6 is 35.0 Å². The molecule has 2 heterocycles. The number of nitrogens with two attached hydrogens (primary N) is 1. The highest BCUT2D eigenvalue weighted by molar-refractivity contribution is 7.99. The maximum atomic E-state index is 6.58. The molecule has 1 fully saturated rings. The van der Waals surface area contributed by atoms with Gasteiger partial charge in [-0.3, -0.25) is 0 Å². The van der Waals surface area contributed by atoms with Crippen molar-refractivity contribution in [2.24, 2.45) is 0 Å². The molecule has 1 aromatic heterocycles. The van der Waals surface area contributed by atoms with Gasteiger partial charge in [-0.15, -0.1) is 0 Å². The van der Waals surface area contributed by atoms with Gasteiger partial charge in [-0.2, -0.15) is 0 Å². The first kappa shape index (κ1) is 15.7. The molecule has 0 amide bonds. The van der Waals surface area contributed by atoms with Crippen LogP contribution in [-0.4, -0.2) is 36.1 Å². The van der Waals surface area contributed by atoms with Crippen LogP contribution in [0.4, 0.5) is 11.5 Å². The lowest BCUT2D eigenvalue weighted by Crippen LogP contribution is -2.43. The van der Waals surface area contributed by atoms with Gasteiger partial charge in [0.1, 0.15) is 10.2 Å². The van der Waals surface area contributed by atoms with E-state index in [0.29, 0.717) is 15.9 Å². The molecule has 1 aromatic carbocycles. The van der Waals surface area contributed by atoms with Crippen LogP contribution in [-0.2, 0) is 0 Å². The number of nitrogen functional groups attached to an aromatic ring is 1. The Morgan fingerprint density at radius 2 is 2.00 bits per heavy atom. The summed E-state index contributed by atoms with van der Waals surface area (Å²) < 4.78 is 0. The molecule has 0 atom stereocenters. The summed E-state index contributed by atoms with van der Waals surface area (Å²) in [6.45, 7) is 3.81. The lowest BCUT2D eigenvalue weighted by Gasteiger charge is -2.30. The quantitative estimate of drug-likeness (QED) is 0.882. The van der Waals surface area contributed by atoms with Gasteiger partial charge in [-0.05, 0) is 12.1 Å². The lowest BCUT2D eigenvalue weighted by atomic mass is 10.2. The second-order valence-electron chi connectivity index (χ2n) is 4.81. The number of nitrogens with zero attached hydrogens (tertiary/aromatic N) is 3. The van der Waals surface area contributed by atoms with Gasteiger partial charge in [-0.1, -0.05) is 41.0 Å². The van der Waals surface area contributed by atoms with Gasteiger partial charge < -0.3 is 16.0 Å². The fourth-order valence-electron chi connectivity index (χ4n) is 2.28. The maximum Gasteiger partial charge on any atom is 0.158 e. The second kappa shape index (κ2) is 6.91. The van der Waals surface area contributed by atoms with E-state index in [4.69, 9.17) is 28.9 Å². The minimum atomic E-state index is 0.280. The highest BCUT2D eigenvalue weighted by atomic mass is 35.5. The van der Waals surface area contributed by atoms with Crippen LogP contribution in [0.1, 0.15) is 0 Å². The third-order valence-corrected chi connectivity index (χ3v) is 5.10. The van der Waals surface area contributed by atoms with E-state index in [1.54, 1.807) is 0 Å². The van der Waals surface area contributed by atoms with Gasteiger partial charge in [0, 0.05) is 31.1 Å². The number of hydrogen-bond donors (Lipinski definition) is 2. The number of hydrogen-bond acceptors (Lipinski definition) is 6. The molecule has 8 heteroatoms. The molecule has 5 nitrogen and oxygen atoms in total. The molecule has 2 aromatic rings. The molecule has 116 valence electrons. The van der Waals surface area contributed by atoms with Crippen LogP contribution in [0.15, 0.2) is 34.3 Å². The number of halogens is 2. The van der Waals surface area contributed by atoms with Crippen molar-refractivity contribution in [3.63, 3.8) is 0 Å². The zero-order valence-electron chi connectivity index (χ0n) is 11.7. The Labute approximate surface area is 143 Å². The second-order valence-corrected chi connectivity index (χ2v) is 6.61. The van der Waals surface area contributed by atoms with Gasteiger partial charge in [0.05, 0.1) is 16.9 Å². The van der Waals surface area contributed by atoms with Gasteiger partial charge in [0.25, 0.3) is 0 Å². The predicted molar refractivity (Wildman–Crippen MR) is 92.1 cm³/mol. The van der Waals surface area contributed by atoms with E-state index in [-0.39, 0.29) is 5.15 Å². The Hall–Kier alpha value is -1.21. The van der Waals surface area contributed by atoms with Crippen molar-refractivity contribution in [3.8, 4) is 0 Å². The van der Waals surface area contributed by atoms with Crippen LogP contribution in [0.25, 0.3) is 0 Å². The standard InChI is InChI=1S/C14H15Cl2N5S/c15-11-8-19-14(13(17)20-11)22-10-3-1-2-9(12(10)16)21-6-4-18-5-7-21/h1-3,8,18H,4-7H2,(H2,17,20). The first-order chi connectivity index (χ1) is 10.6. The average molecular weight is 356 g/mol. The molecule has 0 radical (unpaired) electrons. The zero-order chi connectivity index (χ0) is 15.5. The Balaban J connectivity index is 1.87. The summed E-state index contributed by atoms with van der Waals surface area (Å²) in [5.41, 5.74) is 6.90.